The lowest BCUT2D eigenvalue weighted by atomic mass is 9.84. The number of thioether (sulfide) groups is 1. The number of rotatable bonds is 2. The standard InChI is InChI=1S/C13H18N2.C2H6S/c1-2-4-12(5-3-1)14-13-10-15-8-6-11(13)7-9-15;1-3-2/h1-5,11,13-14H,6-10H2;1-2H3/t13-;/m0./s1. The third kappa shape index (κ3) is 3.66. The molecule has 0 aliphatic carbocycles. The minimum absolute atomic E-state index is 0.676. The maximum Gasteiger partial charge on any atom is 0.0417 e. The quantitative estimate of drug-likeness (QED) is 0.883. The van der Waals surface area contributed by atoms with Crippen LogP contribution < -0.4 is 5.32 Å². The molecule has 3 heterocycles. The van der Waals surface area contributed by atoms with Crippen LogP contribution in [0.25, 0.3) is 0 Å². The first kappa shape index (κ1) is 13.8. The number of hydrogen-bond donors (Lipinski definition) is 1. The molecule has 3 fully saturated rings. The van der Waals surface area contributed by atoms with Crippen molar-refractivity contribution < 1.29 is 0 Å². The molecule has 2 nitrogen and oxygen atoms in total. The van der Waals surface area contributed by atoms with Crippen molar-refractivity contribution in [1.82, 2.24) is 4.90 Å². The van der Waals surface area contributed by atoms with Gasteiger partial charge in [-0.1, -0.05) is 18.2 Å². The van der Waals surface area contributed by atoms with E-state index in [1.54, 1.807) is 11.8 Å². The molecule has 2 bridgehead atoms. The summed E-state index contributed by atoms with van der Waals surface area (Å²) in [6.07, 6.45) is 6.84. The molecular formula is C15H24N2S. The molecule has 3 heteroatoms. The van der Waals surface area contributed by atoms with E-state index < -0.39 is 0 Å². The second-order valence-corrected chi connectivity index (χ2v) is 5.98. The van der Waals surface area contributed by atoms with Gasteiger partial charge in [-0.3, -0.25) is 0 Å². The van der Waals surface area contributed by atoms with Crippen molar-refractivity contribution in [1.29, 1.82) is 0 Å². The second kappa shape index (κ2) is 7.05. The first-order valence-corrected chi connectivity index (χ1v) is 8.41. The topological polar surface area (TPSA) is 15.3 Å². The van der Waals surface area contributed by atoms with E-state index in [1.165, 1.54) is 38.2 Å². The average molecular weight is 264 g/mol. The van der Waals surface area contributed by atoms with E-state index in [0.717, 1.165) is 5.92 Å². The summed E-state index contributed by atoms with van der Waals surface area (Å²) in [7, 11) is 0. The van der Waals surface area contributed by atoms with Crippen molar-refractivity contribution in [2.24, 2.45) is 5.92 Å². The van der Waals surface area contributed by atoms with Gasteiger partial charge in [0.1, 0.15) is 0 Å². The maximum absolute atomic E-state index is 3.67. The lowest BCUT2D eigenvalue weighted by molar-refractivity contribution is 0.0975. The number of fused-ring (bicyclic) bond motifs is 3. The molecular weight excluding hydrogens is 240 g/mol. The van der Waals surface area contributed by atoms with Gasteiger partial charge in [-0.2, -0.15) is 11.8 Å². The minimum atomic E-state index is 0.676. The van der Waals surface area contributed by atoms with Gasteiger partial charge in [-0.15, -0.1) is 0 Å². The molecule has 1 aromatic rings. The Labute approximate surface area is 115 Å². The van der Waals surface area contributed by atoms with E-state index >= 15 is 0 Å². The first-order chi connectivity index (χ1) is 8.83. The summed E-state index contributed by atoms with van der Waals surface area (Å²) in [4.78, 5) is 2.58. The van der Waals surface area contributed by atoms with Crippen LogP contribution in [0.5, 0.6) is 0 Å². The van der Waals surface area contributed by atoms with Gasteiger partial charge in [0, 0.05) is 18.3 Å². The van der Waals surface area contributed by atoms with Crippen LogP contribution >= 0.6 is 11.8 Å². The Kier molecular flexibility index (Phi) is 5.39. The highest BCUT2D eigenvalue weighted by Gasteiger charge is 2.33. The normalized spacial score (nSPS) is 29.3. The predicted octanol–water partition coefficient (Wildman–Crippen LogP) is 3.17. The first-order valence-electron chi connectivity index (χ1n) is 6.77. The van der Waals surface area contributed by atoms with Gasteiger partial charge in [0.15, 0.2) is 0 Å². The zero-order valence-corrected chi connectivity index (χ0v) is 12.2. The lowest BCUT2D eigenvalue weighted by Crippen LogP contribution is -2.53. The Morgan fingerprint density at radius 1 is 1.11 bits per heavy atom. The van der Waals surface area contributed by atoms with Gasteiger partial charge < -0.3 is 10.2 Å². The number of piperidine rings is 3. The molecule has 0 spiro atoms. The number of benzene rings is 1. The SMILES string of the molecule is CSC.c1ccc(N[C@H]2CN3CCC2CC3)cc1. The molecule has 3 aliphatic heterocycles. The summed E-state index contributed by atoms with van der Waals surface area (Å²) in [6, 6.07) is 11.3. The molecule has 1 aromatic carbocycles. The van der Waals surface area contributed by atoms with Gasteiger partial charge in [0.2, 0.25) is 0 Å². The van der Waals surface area contributed by atoms with E-state index in [2.05, 4.69) is 40.5 Å². The van der Waals surface area contributed by atoms with Gasteiger partial charge >= 0.3 is 0 Å². The summed E-state index contributed by atoms with van der Waals surface area (Å²) in [5, 5.41) is 3.67. The minimum Gasteiger partial charge on any atom is -0.381 e. The van der Waals surface area contributed by atoms with Crippen molar-refractivity contribution in [3.05, 3.63) is 30.3 Å². The third-order valence-electron chi connectivity index (χ3n) is 3.78. The molecule has 0 saturated carbocycles. The highest BCUT2D eigenvalue weighted by molar-refractivity contribution is 7.97. The van der Waals surface area contributed by atoms with Crippen LogP contribution in [0.4, 0.5) is 5.69 Å². The highest BCUT2D eigenvalue weighted by atomic mass is 32.2. The van der Waals surface area contributed by atoms with Crippen LogP contribution in [0.2, 0.25) is 0 Å². The number of anilines is 1. The number of nitrogens with one attached hydrogen (secondary N) is 1. The lowest BCUT2D eigenvalue weighted by Gasteiger charge is -2.45. The maximum atomic E-state index is 3.67. The Hall–Kier alpha value is -0.670. The molecule has 0 radical (unpaired) electrons. The zero-order chi connectivity index (χ0) is 12.8. The largest absolute Gasteiger partial charge is 0.381 e. The molecule has 1 N–H and O–H groups in total. The van der Waals surface area contributed by atoms with Gasteiger partial charge in [-0.05, 0) is 56.5 Å². The Morgan fingerprint density at radius 3 is 2.22 bits per heavy atom. The van der Waals surface area contributed by atoms with E-state index in [9.17, 15) is 0 Å². The fourth-order valence-corrected chi connectivity index (χ4v) is 2.88. The summed E-state index contributed by atoms with van der Waals surface area (Å²) >= 11 is 1.75. The van der Waals surface area contributed by atoms with Gasteiger partial charge in [-0.25, -0.2) is 0 Å². The molecule has 0 amide bonds. The van der Waals surface area contributed by atoms with E-state index in [-0.39, 0.29) is 0 Å². The fraction of sp³-hybridized carbons (Fsp3) is 0.600. The summed E-state index contributed by atoms with van der Waals surface area (Å²) in [5.74, 6) is 0.898. The zero-order valence-electron chi connectivity index (χ0n) is 11.4. The predicted molar refractivity (Wildman–Crippen MR) is 82.5 cm³/mol. The highest BCUT2D eigenvalue weighted by Crippen LogP contribution is 2.29. The van der Waals surface area contributed by atoms with E-state index in [1.807, 2.05) is 12.5 Å². The van der Waals surface area contributed by atoms with Crippen LogP contribution in [0.1, 0.15) is 12.8 Å². The van der Waals surface area contributed by atoms with Crippen LogP contribution in [0.3, 0.4) is 0 Å². The average Bonchev–Trinajstić information content (AvgIpc) is 2.42. The molecule has 3 saturated heterocycles. The molecule has 0 unspecified atom stereocenters. The van der Waals surface area contributed by atoms with Gasteiger partial charge in [0.25, 0.3) is 0 Å². The Morgan fingerprint density at radius 2 is 1.72 bits per heavy atom. The Balaban J connectivity index is 0.000000367. The molecule has 3 aliphatic rings. The molecule has 18 heavy (non-hydrogen) atoms. The van der Waals surface area contributed by atoms with Crippen LogP contribution in [-0.4, -0.2) is 43.1 Å². The fourth-order valence-electron chi connectivity index (χ4n) is 2.88. The summed E-state index contributed by atoms with van der Waals surface area (Å²) in [5.41, 5.74) is 1.27. The van der Waals surface area contributed by atoms with Crippen LogP contribution in [0.15, 0.2) is 30.3 Å². The molecule has 0 aromatic heterocycles. The van der Waals surface area contributed by atoms with E-state index in [0.29, 0.717) is 6.04 Å². The van der Waals surface area contributed by atoms with E-state index in [4.69, 9.17) is 0 Å². The molecule has 100 valence electrons. The number of hydrogen-bond acceptors (Lipinski definition) is 3. The van der Waals surface area contributed by atoms with Crippen molar-refractivity contribution in [3.63, 3.8) is 0 Å². The smallest absolute Gasteiger partial charge is 0.0417 e. The third-order valence-corrected chi connectivity index (χ3v) is 3.78. The van der Waals surface area contributed by atoms with Crippen molar-refractivity contribution >= 4 is 17.4 Å². The monoisotopic (exact) mass is 264 g/mol. The summed E-state index contributed by atoms with van der Waals surface area (Å²) < 4.78 is 0. The van der Waals surface area contributed by atoms with Crippen molar-refractivity contribution in [3.8, 4) is 0 Å². The number of para-hydroxylation sites is 1. The van der Waals surface area contributed by atoms with Crippen molar-refractivity contribution in [2.45, 2.75) is 18.9 Å². The van der Waals surface area contributed by atoms with Crippen LogP contribution in [-0.2, 0) is 0 Å². The second-order valence-electron chi connectivity index (χ2n) is 5.16. The number of nitrogens with zero attached hydrogens (tertiary/aromatic N) is 1. The molecule has 4 rings (SSSR count). The van der Waals surface area contributed by atoms with Crippen molar-refractivity contribution in [2.75, 3.05) is 37.5 Å². The Bertz CT molecular complexity index is 334. The molecule has 1 atom stereocenters. The van der Waals surface area contributed by atoms with Crippen LogP contribution in [0, 0.1) is 5.92 Å². The van der Waals surface area contributed by atoms with Gasteiger partial charge in [0.05, 0.1) is 0 Å². The summed E-state index contributed by atoms with van der Waals surface area (Å²) in [6.45, 7) is 3.87.